The van der Waals surface area contributed by atoms with E-state index in [0.29, 0.717) is 18.7 Å². The number of nitrogens with one attached hydrogen (secondary N) is 1. The molecule has 0 aliphatic heterocycles. The van der Waals surface area contributed by atoms with Crippen LogP contribution in [0.2, 0.25) is 0 Å². The summed E-state index contributed by atoms with van der Waals surface area (Å²) in [5, 5.41) is 12.8. The van der Waals surface area contributed by atoms with Crippen LogP contribution in [0.1, 0.15) is 42.8 Å². The van der Waals surface area contributed by atoms with E-state index in [1.807, 2.05) is 50.2 Å². The molecule has 1 heterocycles. The molecule has 0 unspecified atom stereocenters. The Morgan fingerprint density at radius 1 is 1.10 bits per heavy atom. The third-order valence-corrected chi connectivity index (χ3v) is 5.08. The minimum atomic E-state index is -0.0373. The van der Waals surface area contributed by atoms with Crippen molar-refractivity contribution in [1.82, 2.24) is 9.97 Å². The predicted molar refractivity (Wildman–Crippen MR) is 114 cm³/mol. The van der Waals surface area contributed by atoms with Crippen LogP contribution in [-0.4, -0.2) is 21.0 Å². The second-order valence-electron chi connectivity index (χ2n) is 7.96. The average Bonchev–Trinajstić information content (AvgIpc) is 2.68. The molecule has 29 heavy (non-hydrogen) atoms. The number of fused-ring (bicyclic) bond motifs is 3. The molecule has 148 valence electrons. The molecule has 0 bridgehead atoms. The molecule has 1 aliphatic carbocycles. The summed E-state index contributed by atoms with van der Waals surface area (Å²) in [4.78, 5) is 22.2. The van der Waals surface area contributed by atoms with Crippen molar-refractivity contribution in [2.75, 3.05) is 5.32 Å². The van der Waals surface area contributed by atoms with E-state index >= 15 is 0 Å². The van der Waals surface area contributed by atoms with Crippen LogP contribution in [0.4, 0.5) is 5.82 Å². The Hall–Kier alpha value is -3.21. The van der Waals surface area contributed by atoms with E-state index in [4.69, 9.17) is 9.97 Å². The fourth-order valence-electron chi connectivity index (χ4n) is 3.73. The third-order valence-electron chi connectivity index (χ3n) is 5.08. The van der Waals surface area contributed by atoms with Crippen LogP contribution in [0.15, 0.2) is 48.5 Å². The quantitative estimate of drug-likeness (QED) is 0.675. The van der Waals surface area contributed by atoms with Gasteiger partial charge in [0.05, 0.1) is 17.1 Å². The SMILES string of the molecule is CC(C)CC(=O)Nc1nc2c(nc1Cc1ccccc1)-c1ccc(O)cc1CC2. The van der Waals surface area contributed by atoms with Crippen molar-refractivity contribution in [2.24, 2.45) is 5.92 Å². The summed E-state index contributed by atoms with van der Waals surface area (Å²) in [7, 11) is 0. The van der Waals surface area contributed by atoms with Crippen LogP contribution in [0.25, 0.3) is 11.3 Å². The standard InChI is InChI=1S/C24H25N3O2/c1-15(2)12-22(29)27-24-21(13-16-6-4-3-5-7-16)25-23-19-10-9-18(28)14-17(19)8-11-20(23)26-24/h3-7,9-10,14-15,28H,8,11-13H2,1-2H3,(H,26,27,29). The number of benzene rings is 2. The van der Waals surface area contributed by atoms with Crippen molar-refractivity contribution in [1.29, 1.82) is 0 Å². The van der Waals surface area contributed by atoms with Crippen molar-refractivity contribution in [2.45, 2.75) is 39.5 Å². The van der Waals surface area contributed by atoms with Gasteiger partial charge in [-0.15, -0.1) is 0 Å². The predicted octanol–water partition coefficient (Wildman–Crippen LogP) is 4.52. The van der Waals surface area contributed by atoms with Gasteiger partial charge in [-0.25, -0.2) is 9.97 Å². The zero-order valence-electron chi connectivity index (χ0n) is 16.8. The van der Waals surface area contributed by atoms with Crippen molar-refractivity contribution in [3.05, 3.63) is 71.0 Å². The largest absolute Gasteiger partial charge is 0.508 e. The Morgan fingerprint density at radius 3 is 2.66 bits per heavy atom. The number of carbonyl (C=O) groups is 1. The molecular weight excluding hydrogens is 362 g/mol. The lowest BCUT2D eigenvalue weighted by atomic mass is 9.91. The van der Waals surface area contributed by atoms with Gasteiger partial charge in [0.2, 0.25) is 5.91 Å². The summed E-state index contributed by atoms with van der Waals surface area (Å²) in [6.45, 7) is 4.05. The highest BCUT2D eigenvalue weighted by atomic mass is 16.3. The maximum absolute atomic E-state index is 12.4. The molecule has 1 aromatic heterocycles. The highest BCUT2D eigenvalue weighted by Crippen LogP contribution is 2.35. The zero-order chi connectivity index (χ0) is 20.4. The molecule has 5 nitrogen and oxygen atoms in total. The fraction of sp³-hybridized carbons (Fsp3) is 0.292. The Morgan fingerprint density at radius 2 is 1.90 bits per heavy atom. The Kier molecular flexibility index (Phi) is 5.30. The van der Waals surface area contributed by atoms with Gasteiger partial charge in [0.25, 0.3) is 0 Å². The molecule has 5 heteroatoms. The van der Waals surface area contributed by atoms with Crippen molar-refractivity contribution in [3.8, 4) is 17.0 Å². The molecule has 0 saturated heterocycles. The number of anilines is 1. The number of rotatable bonds is 5. The number of hydrogen-bond acceptors (Lipinski definition) is 4. The molecule has 1 aliphatic rings. The first-order valence-corrected chi connectivity index (χ1v) is 10.1. The van der Waals surface area contributed by atoms with E-state index in [1.165, 1.54) is 0 Å². The van der Waals surface area contributed by atoms with Crippen LogP contribution < -0.4 is 5.32 Å². The van der Waals surface area contributed by atoms with Crippen LogP contribution in [0, 0.1) is 5.92 Å². The first-order valence-electron chi connectivity index (χ1n) is 10.1. The van der Waals surface area contributed by atoms with Crippen LogP contribution >= 0.6 is 0 Å². The maximum Gasteiger partial charge on any atom is 0.225 e. The van der Waals surface area contributed by atoms with Gasteiger partial charge in [0.15, 0.2) is 5.82 Å². The summed E-state index contributed by atoms with van der Waals surface area (Å²) in [6.07, 6.45) is 2.57. The molecule has 0 radical (unpaired) electrons. The molecule has 0 fully saturated rings. The lowest BCUT2D eigenvalue weighted by Gasteiger charge is -2.21. The van der Waals surface area contributed by atoms with Gasteiger partial charge in [0.1, 0.15) is 5.75 Å². The van der Waals surface area contributed by atoms with Crippen LogP contribution in [-0.2, 0) is 24.1 Å². The van der Waals surface area contributed by atoms with E-state index in [0.717, 1.165) is 46.6 Å². The molecule has 0 saturated carbocycles. The molecule has 2 N–H and O–H groups in total. The number of hydrogen-bond donors (Lipinski definition) is 2. The number of aryl methyl sites for hydroxylation is 2. The number of aromatic hydroxyl groups is 1. The number of phenols is 1. The first-order chi connectivity index (χ1) is 14.0. The minimum absolute atomic E-state index is 0.0373. The Bertz CT molecular complexity index is 1050. The summed E-state index contributed by atoms with van der Waals surface area (Å²) < 4.78 is 0. The van der Waals surface area contributed by atoms with Crippen molar-refractivity contribution >= 4 is 11.7 Å². The van der Waals surface area contributed by atoms with Gasteiger partial charge in [-0.05, 0) is 48.1 Å². The lowest BCUT2D eigenvalue weighted by molar-refractivity contribution is -0.116. The Labute approximate surface area is 170 Å². The summed E-state index contributed by atoms with van der Waals surface area (Å²) >= 11 is 0. The van der Waals surface area contributed by atoms with E-state index in [1.54, 1.807) is 12.1 Å². The number of amides is 1. The molecule has 0 spiro atoms. The molecule has 0 atom stereocenters. The lowest BCUT2D eigenvalue weighted by Crippen LogP contribution is -2.19. The molecular formula is C24H25N3O2. The van der Waals surface area contributed by atoms with Gasteiger partial charge in [-0.2, -0.15) is 0 Å². The highest BCUT2D eigenvalue weighted by molar-refractivity contribution is 5.90. The molecule has 1 amide bonds. The number of carbonyl (C=O) groups excluding carboxylic acids is 1. The second kappa shape index (κ2) is 8.03. The number of nitrogens with zero attached hydrogens (tertiary/aromatic N) is 2. The molecule has 4 rings (SSSR count). The monoisotopic (exact) mass is 387 g/mol. The first kappa shape index (κ1) is 19.1. The average molecular weight is 387 g/mol. The molecule has 2 aromatic carbocycles. The van der Waals surface area contributed by atoms with Crippen LogP contribution in [0.5, 0.6) is 5.75 Å². The zero-order valence-corrected chi connectivity index (χ0v) is 16.8. The van der Waals surface area contributed by atoms with Crippen LogP contribution in [0.3, 0.4) is 0 Å². The number of phenolic OH excluding ortho intramolecular Hbond substituents is 1. The van der Waals surface area contributed by atoms with Crippen molar-refractivity contribution in [3.63, 3.8) is 0 Å². The van der Waals surface area contributed by atoms with Gasteiger partial charge >= 0.3 is 0 Å². The van der Waals surface area contributed by atoms with E-state index in [9.17, 15) is 9.90 Å². The summed E-state index contributed by atoms with van der Waals surface area (Å²) in [5.74, 6) is 1.06. The minimum Gasteiger partial charge on any atom is -0.508 e. The fourth-order valence-corrected chi connectivity index (χ4v) is 3.73. The van der Waals surface area contributed by atoms with Gasteiger partial charge < -0.3 is 10.4 Å². The normalized spacial score (nSPS) is 12.4. The van der Waals surface area contributed by atoms with Gasteiger partial charge in [-0.3, -0.25) is 4.79 Å². The third kappa shape index (κ3) is 4.29. The topological polar surface area (TPSA) is 75.1 Å². The molecule has 3 aromatic rings. The van der Waals surface area contributed by atoms with Gasteiger partial charge in [-0.1, -0.05) is 44.2 Å². The smallest absolute Gasteiger partial charge is 0.225 e. The second-order valence-corrected chi connectivity index (χ2v) is 7.96. The van der Waals surface area contributed by atoms with E-state index in [2.05, 4.69) is 5.32 Å². The van der Waals surface area contributed by atoms with E-state index < -0.39 is 0 Å². The Balaban J connectivity index is 1.76. The maximum atomic E-state index is 12.4. The number of aromatic nitrogens is 2. The van der Waals surface area contributed by atoms with Crippen molar-refractivity contribution < 1.29 is 9.90 Å². The summed E-state index contributed by atoms with van der Waals surface area (Å²) in [5.41, 5.74) is 5.69. The van der Waals surface area contributed by atoms with Gasteiger partial charge in [0, 0.05) is 18.4 Å². The highest BCUT2D eigenvalue weighted by Gasteiger charge is 2.23. The van der Waals surface area contributed by atoms with E-state index in [-0.39, 0.29) is 17.6 Å². The summed E-state index contributed by atoms with van der Waals surface area (Å²) in [6, 6.07) is 15.5.